The molecule has 0 aliphatic carbocycles. The maximum Gasteiger partial charge on any atom is 0.325 e. The number of benzene rings is 1. The van der Waals surface area contributed by atoms with E-state index in [1.54, 1.807) is 6.07 Å². The number of esters is 1. The summed E-state index contributed by atoms with van der Waals surface area (Å²) in [7, 11) is 2.70. The van der Waals surface area contributed by atoms with E-state index in [0.717, 1.165) is 3.57 Å². The molecule has 1 amide bonds. The maximum atomic E-state index is 11.8. The Morgan fingerprint density at radius 2 is 2.06 bits per heavy atom. The molecular formula is C11H11ClINO4. The molecule has 0 aliphatic heterocycles. The van der Waals surface area contributed by atoms with Crippen LogP contribution in [0.3, 0.4) is 0 Å². The summed E-state index contributed by atoms with van der Waals surface area (Å²) in [4.78, 5) is 22.8. The molecule has 0 spiro atoms. The van der Waals surface area contributed by atoms with Crippen molar-refractivity contribution in [1.29, 1.82) is 0 Å². The fourth-order valence-corrected chi connectivity index (χ4v) is 1.80. The predicted octanol–water partition coefficient (Wildman–Crippen LogP) is 1.86. The van der Waals surface area contributed by atoms with Crippen molar-refractivity contribution in [3.8, 4) is 5.75 Å². The number of carbonyl (C=O) groups is 2. The van der Waals surface area contributed by atoms with E-state index in [4.69, 9.17) is 16.3 Å². The first-order valence-corrected chi connectivity index (χ1v) is 6.33. The second-order valence-electron chi connectivity index (χ2n) is 3.23. The van der Waals surface area contributed by atoms with Gasteiger partial charge in [-0.15, -0.1) is 0 Å². The van der Waals surface area contributed by atoms with Crippen LogP contribution in [-0.2, 0) is 9.53 Å². The summed E-state index contributed by atoms with van der Waals surface area (Å²) >= 11 is 7.98. The Kier molecular flexibility index (Phi) is 5.67. The molecule has 1 rings (SSSR count). The van der Waals surface area contributed by atoms with E-state index in [1.165, 1.54) is 20.3 Å². The molecule has 0 unspecified atom stereocenters. The summed E-state index contributed by atoms with van der Waals surface area (Å²) in [6.45, 7) is -0.206. The molecular weight excluding hydrogens is 372 g/mol. The van der Waals surface area contributed by atoms with Gasteiger partial charge in [0.25, 0.3) is 5.91 Å². The van der Waals surface area contributed by atoms with Crippen molar-refractivity contribution in [3.05, 3.63) is 26.3 Å². The number of nitrogens with one attached hydrogen (secondary N) is 1. The second kappa shape index (κ2) is 6.79. The van der Waals surface area contributed by atoms with Crippen LogP contribution in [0.5, 0.6) is 5.75 Å². The van der Waals surface area contributed by atoms with E-state index in [9.17, 15) is 9.59 Å². The van der Waals surface area contributed by atoms with Crippen LogP contribution in [0.2, 0.25) is 5.02 Å². The molecule has 98 valence electrons. The highest BCUT2D eigenvalue weighted by atomic mass is 127. The van der Waals surface area contributed by atoms with Gasteiger partial charge in [-0.3, -0.25) is 9.59 Å². The van der Waals surface area contributed by atoms with Gasteiger partial charge >= 0.3 is 5.97 Å². The lowest BCUT2D eigenvalue weighted by Gasteiger charge is -2.10. The zero-order chi connectivity index (χ0) is 13.7. The van der Waals surface area contributed by atoms with Crippen molar-refractivity contribution < 1.29 is 19.1 Å². The Hall–Kier alpha value is -1.02. The third-order valence-electron chi connectivity index (χ3n) is 2.11. The molecule has 0 heterocycles. The van der Waals surface area contributed by atoms with Gasteiger partial charge in [0.1, 0.15) is 12.3 Å². The van der Waals surface area contributed by atoms with Crippen LogP contribution in [0.15, 0.2) is 12.1 Å². The Morgan fingerprint density at radius 1 is 1.39 bits per heavy atom. The Labute approximate surface area is 123 Å². The van der Waals surface area contributed by atoms with E-state index >= 15 is 0 Å². The lowest BCUT2D eigenvalue weighted by molar-refractivity contribution is -0.139. The highest BCUT2D eigenvalue weighted by Gasteiger charge is 2.15. The standard InChI is InChI=1S/C11H11ClINO4/c1-17-9-4-8(13)7(12)3-6(9)11(16)14-5-10(15)18-2/h3-4H,5H2,1-2H3,(H,14,16). The quantitative estimate of drug-likeness (QED) is 0.637. The molecule has 0 fully saturated rings. The highest BCUT2D eigenvalue weighted by molar-refractivity contribution is 14.1. The number of carbonyl (C=O) groups excluding carboxylic acids is 2. The number of amides is 1. The van der Waals surface area contributed by atoms with Gasteiger partial charge in [-0.05, 0) is 34.7 Å². The average molecular weight is 384 g/mol. The largest absolute Gasteiger partial charge is 0.496 e. The number of methoxy groups -OCH3 is 2. The zero-order valence-electron chi connectivity index (χ0n) is 9.75. The molecule has 0 aliphatic rings. The molecule has 0 atom stereocenters. The lowest BCUT2D eigenvalue weighted by Crippen LogP contribution is -2.30. The van der Waals surface area contributed by atoms with E-state index in [2.05, 4.69) is 10.1 Å². The van der Waals surface area contributed by atoms with Crippen molar-refractivity contribution in [3.63, 3.8) is 0 Å². The zero-order valence-corrected chi connectivity index (χ0v) is 12.7. The molecule has 5 nitrogen and oxygen atoms in total. The first-order chi connectivity index (χ1) is 8.49. The normalized spacial score (nSPS) is 9.78. The summed E-state index contributed by atoms with van der Waals surface area (Å²) < 4.78 is 10.3. The average Bonchev–Trinajstić information content (AvgIpc) is 2.37. The SMILES string of the molecule is COC(=O)CNC(=O)c1cc(Cl)c(I)cc1OC. The van der Waals surface area contributed by atoms with Crippen LogP contribution in [0.25, 0.3) is 0 Å². The molecule has 0 saturated carbocycles. The monoisotopic (exact) mass is 383 g/mol. The molecule has 0 aromatic heterocycles. The van der Waals surface area contributed by atoms with Gasteiger partial charge in [-0.2, -0.15) is 0 Å². The van der Waals surface area contributed by atoms with Gasteiger partial charge in [-0.25, -0.2) is 0 Å². The molecule has 0 bridgehead atoms. The lowest BCUT2D eigenvalue weighted by atomic mass is 10.2. The topological polar surface area (TPSA) is 64.6 Å². The number of hydrogen-bond donors (Lipinski definition) is 1. The number of halogens is 2. The van der Waals surface area contributed by atoms with Crippen molar-refractivity contribution in [1.82, 2.24) is 5.32 Å². The van der Waals surface area contributed by atoms with E-state index < -0.39 is 11.9 Å². The van der Waals surface area contributed by atoms with E-state index in [-0.39, 0.29) is 12.1 Å². The number of ether oxygens (including phenoxy) is 2. The molecule has 1 N–H and O–H groups in total. The first-order valence-electron chi connectivity index (χ1n) is 4.87. The van der Waals surface area contributed by atoms with Gasteiger partial charge in [-0.1, -0.05) is 11.6 Å². The van der Waals surface area contributed by atoms with Gasteiger partial charge in [0, 0.05) is 3.57 Å². The van der Waals surface area contributed by atoms with Gasteiger partial charge in [0.05, 0.1) is 24.8 Å². The number of rotatable bonds is 4. The molecule has 7 heteroatoms. The van der Waals surface area contributed by atoms with Crippen molar-refractivity contribution >= 4 is 46.1 Å². The van der Waals surface area contributed by atoms with Crippen LogP contribution in [0.4, 0.5) is 0 Å². The molecule has 0 saturated heterocycles. The molecule has 1 aromatic carbocycles. The summed E-state index contributed by atoms with van der Waals surface area (Å²) in [6.07, 6.45) is 0. The second-order valence-corrected chi connectivity index (χ2v) is 4.79. The minimum atomic E-state index is -0.529. The fourth-order valence-electron chi connectivity index (χ4n) is 1.19. The van der Waals surface area contributed by atoms with Crippen LogP contribution < -0.4 is 10.1 Å². The van der Waals surface area contributed by atoms with E-state index in [0.29, 0.717) is 10.8 Å². The van der Waals surface area contributed by atoms with Crippen LogP contribution >= 0.6 is 34.2 Å². The van der Waals surface area contributed by atoms with Gasteiger partial charge in [0.2, 0.25) is 0 Å². The Balaban J connectivity index is 2.91. The Morgan fingerprint density at radius 3 is 2.61 bits per heavy atom. The number of hydrogen-bond acceptors (Lipinski definition) is 4. The Bertz CT molecular complexity index is 478. The van der Waals surface area contributed by atoms with Gasteiger partial charge in [0.15, 0.2) is 0 Å². The summed E-state index contributed by atoms with van der Waals surface area (Å²) in [5.74, 6) is -0.583. The van der Waals surface area contributed by atoms with Crippen molar-refractivity contribution in [2.45, 2.75) is 0 Å². The minimum Gasteiger partial charge on any atom is -0.496 e. The van der Waals surface area contributed by atoms with Crippen molar-refractivity contribution in [2.24, 2.45) is 0 Å². The highest BCUT2D eigenvalue weighted by Crippen LogP contribution is 2.28. The maximum absolute atomic E-state index is 11.8. The minimum absolute atomic E-state index is 0.206. The first kappa shape index (κ1) is 15.0. The molecule has 0 radical (unpaired) electrons. The summed E-state index contributed by atoms with van der Waals surface area (Å²) in [5.41, 5.74) is 0.270. The third kappa shape index (κ3) is 3.74. The van der Waals surface area contributed by atoms with Crippen LogP contribution in [-0.4, -0.2) is 32.6 Å². The summed E-state index contributed by atoms with van der Waals surface area (Å²) in [5, 5.41) is 2.86. The van der Waals surface area contributed by atoms with Gasteiger partial charge < -0.3 is 14.8 Å². The smallest absolute Gasteiger partial charge is 0.325 e. The summed E-state index contributed by atoms with van der Waals surface area (Å²) in [6, 6.07) is 3.14. The molecule has 1 aromatic rings. The molecule has 18 heavy (non-hydrogen) atoms. The third-order valence-corrected chi connectivity index (χ3v) is 3.63. The van der Waals surface area contributed by atoms with Crippen LogP contribution in [0.1, 0.15) is 10.4 Å². The van der Waals surface area contributed by atoms with Crippen molar-refractivity contribution in [2.75, 3.05) is 20.8 Å². The fraction of sp³-hybridized carbons (Fsp3) is 0.273. The van der Waals surface area contributed by atoms with E-state index in [1.807, 2.05) is 22.6 Å². The predicted molar refractivity (Wildman–Crippen MR) is 75.1 cm³/mol. The van der Waals surface area contributed by atoms with Crippen LogP contribution in [0, 0.1) is 3.57 Å².